The third-order valence-electron chi connectivity index (χ3n) is 2.35. The molecule has 6 nitrogen and oxygen atoms in total. The maximum Gasteiger partial charge on any atom is 0.317 e. The lowest BCUT2D eigenvalue weighted by Crippen LogP contribution is -2.38. The summed E-state index contributed by atoms with van der Waals surface area (Å²) in [5.41, 5.74) is 11.5. The van der Waals surface area contributed by atoms with Crippen molar-refractivity contribution in [3.05, 3.63) is 12.2 Å². The second-order valence-corrected chi connectivity index (χ2v) is 4.37. The first-order valence-corrected chi connectivity index (χ1v) is 6.12. The van der Waals surface area contributed by atoms with E-state index in [0.717, 1.165) is 24.8 Å². The van der Waals surface area contributed by atoms with Crippen molar-refractivity contribution in [2.45, 2.75) is 26.2 Å². The minimum Gasteiger partial charge on any atom is -0.370 e. The third-order valence-corrected chi connectivity index (χ3v) is 2.35. The smallest absolute Gasteiger partial charge is 0.317 e. The van der Waals surface area contributed by atoms with Crippen molar-refractivity contribution in [3.8, 4) is 0 Å². The number of nitrogens with one attached hydrogen (secondary N) is 1. The summed E-state index contributed by atoms with van der Waals surface area (Å²) in [6.07, 6.45) is 2.60. The van der Waals surface area contributed by atoms with Crippen LogP contribution >= 0.6 is 0 Å². The zero-order valence-electron chi connectivity index (χ0n) is 11.4. The first-order chi connectivity index (χ1) is 8.43. The van der Waals surface area contributed by atoms with Crippen LogP contribution in [-0.2, 0) is 0 Å². The minimum absolute atomic E-state index is 0.0681. The van der Waals surface area contributed by atoms with E-state index < -0.39 is 0 Å². The van der Waals surface area contributed by atoms with Crippen molar-refractivity contribution in [2.75, 3.05) is 26.7 Å². The summed E-state index contributed by atoms with van der Waals surface area (Å²) in [6, 6.07) is -0.0681. The number of urea groups is 1. The fourth-order valence-corrected chi connectivity index (χ4v) is 1.34. The molecule has 0 heterocycles. The molecule has 0 aliphatic carbocycles. The van der Waals surface area contributed by atoms with Gasteiger partial charge >= 0.3 is 6.03 Å². The topological polar surface area (TPSA) is 96.7 Å². The largest absolute Gasteiger partial charge is 0.370 e. The molecule has 0 aromatic rings. The number of amides is 2. The van der Waals surface area contributed by atoms with Gasteiger partial charge < -0.3 is 21.7 Å². The van der Waals surface area contributed by atoms with E-state index >= 15 is 0 Å². The van der Waals surface area contributed by atoms with E-state index in [1.54, 1.807) is 11.9 Å². The number of nitrogens with zero attached hydrogens (tertiary/aromatic N) is 2. The molecule has 104 valence electrons. The van der Waals surface area contributed by atoms with E-state index in [2.05, 4.69) is 16.9 Å². The molecule has 2 amide bonds. The van der Waals surface area contributed by atoms with E-state index in [0.29, 0.717) is 19.6 Å². The molecule has 6 heteroatoms. The van der Waals surface area contributed by atoms with E-state index in [1.165, 1.54) is 0 Å². The van der Waals surface area contributed by atoms with Crippen molar-refractivity contribution in [1.29, 1.82) is 0 Å². The number of carbonyl (C=O) groups is 1. The Balaban J connectivity index is 3.63. The van der Waals surface area contributed by atoms with Crippen LogP contribution in [0.1, 0.15) is 26.2 Å². The van der Waals surface area contributed by atoms with Crippen molar-refractivity contribution >= 4 is 12.0 Å². The molecule has 0 saturated heterocycles. The second-order valence-electron chi connectivity index (χ2n) is 4.37. The van der Waals surface area contributed by atoms with Crippen molar-refractivity contribution in [1.82, 2.24) is 10.2 Å². The van der Waals surface area contributed by atoms with E-state index in [1.807, 2.05) is 6.92 Å². The highest BCUT2D eigenvalue weighted by atomic mass is 16.2. The van der Waals surface area contributed by atoms with Gasteiger partial charge in [-0.15, -0.1) is 6.58 Å². The Morgan fingerprint density at radius 2 is 2.06 bits per heavy atom. The number of allylic oxidation sites excluding steroid dienone is 1. The Morgan fingerprint density at radius 3 is 2.61 bits per heavy atom. The number of aliphatic imine (C=N–C) groups is 1. The summed E-state index contributed by atoms with van der Waals surface area (Å²) >= 11 is 0. The summed E-state index contributed by atoms with van der Waals surface area (Å²) in [4.78, 5) is 17.1. The fraction of sp³-hybridized carbons (Fsp3) is 0.667. The van der Waals surface area contributed by atoms with Crippen LogP contribution in [-0.4, -0.2) is 43.6 Å². The van der Waals surface area contributed by atoms with Gasteiger partial charge in [-0.3, -0.25) is 4.99 Å². The lowest BCUT2D eigenvalue weighted by Gasteiger charge is -2.17. The monoisotopic (exact) mass is 255 g/mol. The molecule has 0 unspecified atom stereocenters. The number of rotatable bonds is 8. The molecule has 0 spiro atoms. The van der Waals surface area contributed by atoms with Crippen LogP contribution in [0.25, 0.3) is 0 Å². The summed E-state index contributed by atoms with van der Waals surface area (Å²) < 4.78 is 0. The zero-order chi connectivity index (χ0) is 14.0. The Hall–Kier alpha value is -1.72. The average Bonchev–Trinajstić information content (AvgIpc) is 2.29. The average molecular weight is 255 g/mol. The summed E-state index contributed by atoms with van der Waals surface area (Å²) in [6.45, 7) is 7.63. The molecular weight excluding hydrogens is 230 g/mol. The molecule has 0 atom stereocenters. The van der Waals surface area contributed by atoms with Gasteiger partial charge in [-0.05, 0) is 26.2 Å². The van der Waals surface area contributed by atoms with E-state index in [-0.39, 0.29) is 12.0 Å². The van der Waals surface area contributed by atoms with Crippen molar-refractivity contribution < 1.29 is 4.79 Å². The predicted molar refractivity (Wildman–Crippen MR) is 75.4 cm³/mol. The molecule has 0 aromatic heterocycles. The van der Waals surface area contributed by atoms with Gasteiger partial charge in [0, 0.05) is 26.7 Å². The van der Waals surface area contributed by atoms with Crippen molar-refractivity contribution in [3.63, 3.8) is 0 Å². The molecule has 0 rings (SSSR count). The number of nitrogens with two attached hydrogens (primary N) is 2. The summed E-state index contributed by atoms with van der Waals surface area (Å²) in [5.74, 6) is 0.0851. The van der Waals surface area contributed by atoms with Crippen LogP contribution in [0.5, 0.6) is 0 Å². The first-order valence-electron chi connectivity index (χ1n) is 6.12. The normalized spacial score (nSPS) is 9.67. The Kier molecular flexibility index (Phi) is 8.43. The Bertz CT molecular complexity index is 297. The fourth-order valence-electron chi connectivity index (χ4n) is 1.34. The van der Waals surface area contributed by atoms with Crippen molar-refractivity contribution in [2.24, 2.45) is 16.5 Å². The molecule has 0 saturated carbocycles. The highest BCUT2D eigenvalue weighted by molar-refractivity contribution is 5.75. The van der Waals surface area contributed by atoms with Crippen LogP contribution in [0.3, 0.4) is 0 Å². The van der Waals surface area contributed by atoms with E-state index in [9.17, 15) is 4.79 Å². The lowest BCUT2D eigenvalue weighted by atomic mass is 10.2. The third kappa shape index (κ3) is 9.50. The zero-order valence-corrected chi connectivity index (χ0v) is 11.4. The van der Waals surface area contributed by atoms with Gasteiger partial charge in [0.05, 0.1) is 0 Å². The molecule has 18 heavy (non-hydrogen) atoms. The molecule has 0 aliphatic rings. The van der Waals surface area contributed by atoms with Crippen LogP contribution in [0.15, 0.2) is 17.1 Å². The standard InChI is InChI=1S/C12H25N5O/c1-10(2)6-4-7-16-12(18)17(3)9-5-8-15-11(13)14/h1,4-9H2,2-3H3,(H,16,18)(H4,13,14,15). The van der Waals surface area contributed by atoms with Gasteiger partial charge in [0.1, 0.15) is 0 Å². The van der Waals surface area contributed by atoms with Gasteiger partial charge in [0.25, 0.3) is 0 Å². The second kappa shape index (κ2) is 9.32. The molecule has 5 N–H and O–H groups in total. The summed E-state index contributed by atoms with van der Waals surface area (Å²) in [5, 5.41) is 2.85. The highest BCUT2D eigenvalue weighted by Crippen LogP contribution is 1.98. The van der Waals surface area contributed by atoms with Crippen LogP contribution in [0.2, 0.25) is 0 Å². The van der Waals surface area contributed by atoms with Gasteiger partial charge in [0.2, 0.25) is 0 Å². The van der Waals surface area contributed by atoms with Crippen LogP contribution in [0, 0.1) is 0 Å². The lowest BCUT2D eigenvalue weighted by molar-refractivity contribution is 0.208. The molecule has 0 fully saturated rings. The van der Waals surface area contributed by atoms with Crippen LogP contribution < -0.4 is 16.8 Å². The molecule has 0 aromatic carbocycles. The van der Waals surface area contributed by atoms with Gasteiger partial charge in [-0.1, -0.05) is 5.57 Å². The summed E-state index contributed by atoms with van der Waals surface area (Å²) in [7, 11) is 1.75. The molecule has 0 radical (unpaired) electrons. The quantitative estimate of drug-likeness (QED) is 0.257. The minimum atomic E-state index is -0.0681. The van der Waals surface area contributed by atoms with Gasteiger partial charge in [-0.25, -0.2) is 4.79 Å². The number of hydrogen-bond donors (Lipinski definition) is 3. The van der Waals surface area contributed by atoms with Crippen LogP contribution in [0.4, 0.5) is 4.79 Å². The van der Waals surface area contributed by atoms with Gasteiger partial charge in [0.15, 0.2) is 5.96 Å². The molecule has 0 aliphatic heterocycles. The number of carbonyl (C=O) groups excluding carboxylic acids is 1. The Morgan fingerprint density at radius 1 is 1.39 bits per heavy atom. The Labute approximate surface area is 109 Å². The molecule has 0 bridgehead atoms. The maximum absolute atomic E-state index is 11.6. The number of guanidine groups is 1. The maximum atomic E-state index is 11.6. The first kappa shape index (κ1) is 16.3. The SMILES string of the molecule is C=C(C)CCCNC(=O)N(C)CCCN=C(N)N. The molecular formula is C12H25N5O. The predicted octanol–water partition coefficient (Wildman–Crippen LogP) is 0.648. The highest BCUT2D eigenvalue weighted by Gasteiger charge is 2.06. The van der Waals surface area contributed by atoms with Gasteiger partial charge in [-0.2, -0.15) is 0 Å². The van der Waals surface area contributed by atoms with E-state index in [4.69, 9.17) is 11.5 Å². The number of hydrogen-bond acceptors (Lipinski definition) is 2.